The van der Waals surface area contributed by atoms with Crippen LogP contribution < -0.4 is 5.32 Å². The first kappa shape index (κ1) is 15.3. The Hall–Kier alpha value is -0.120. The lowest BCUT2D eigenvalue weighted by Gasteiger charge is -2.33. The van der Waals surface area contributed by atoms with Gasteiger partial charge in [0.25, 0.3) is 0 Å². The van der Waals surface area contributed by atoms with E-state index in [1.54, 1.807) is 7.11 Å². The summed E-state index contributed by atoms with van der Waals surface area (Å²) >= 11 is 0. The van der Waals surface area contributed by atoms with Crippen molar-refractivity contribution in [2.75, 3.05) is 26.8 Å². The predicted molar refractivity (Wildman–Crippen MR) is 78.5 cm³/mol. The number of unbranched alkanes of at least 4 members (excludes halogenated alkanes) is 1. The first-order chi connectivity index (χ1) is 9.35. The molecule has 112 valence electrons. The highest BCUT2D eigenvalue weighted by Gasteiger charge is 2.40. The van der Waals surface area contributed by atoms with E-state index in [0.717, 1.165) is 19.7 Å². The molecule has 3 heteroatoms. The lowest BCUT2D eigenvalue weighted by Crippen LogP contribution is -2.31. The Balaban J connectivity index is 1.51. The molecule has 2 aliphatic rings. The highest BCUT2D eigenvalue weighted by Crippen LogP contribution is 2.42. The van der Waals surface area contributed by atoms with E-state index in [2.05, 4.69) is 5.32 Å². The number of rotatable bonds is 8. The minimum atomic E-state index is 0.305. The summed E-state index contributed by atoms with van der Waals surface area (Å²) in [6, 6.07) is 0. The van der Waals surface area contributed by atoms with Gasteiger partial charge in [-0.3, -0.25) is 0 Å². The maximum absolute atomic E-state index is 6.39. The van der Waals surface area contributed by atoms with Crippen molar-refractivity contribution < 1.29 is 9.47 Å². The van der Waals surface area contributed by atoms with Crippen LogP contribution in [0.5, 0.6) is 0 Å². The van der Waals surface area contributed by atoms with Crippen LogP contribution >= 0.6 is 0 Å². The van der Waals surface area contributed by atoms with E-state index >= 15 is 0 Å². The Kier molecular flexibility index (Phi) is 6.62. The maximum Gasteiger partial charge on any atom is 0.0687 e. The Morgan fingerprint density at radius 3 is 2.74 bits per heavy atom. The van der Waals surface area contributed by atoms with E-state index in [1.165, 1.54) is 64.2 Å². The Bertz CT molecular complexity index is 239. The van der Waals surface area contributed by atoms with Gasteiger partial charge in [0.15, 0.2) is 0 Å². The van der Waals surface area contributed by atoms with Crippen LogP contribution in [-0.2, 0) is 9.47 Å². The summed E-state index contributed by atoms with van der Waals surface area (Å²) in [5.74, 6) is 0. The molecule has 1 N–H and O–H groups in total. The second kappa shape index (κ2) is 8.23. The van der Waals surface area contributed by atoms with Crippen molar-refractivity contribution in [3.8, 4) is 0 Å². The van der Waals surface area contributed by atoms with Gasteiger partial charge in [0.1, 0.15) is 0 Å². The molecule has 19 heavy (non-hydrogen) atoms. The summed E-state index contributed by atoms with van der Waals surface area (Å²) in [4.78, 5) is 0. The summed E-state index contributed by atoms with van der Waals surface area (Å²) in [5, 5.41) is 3.40. The van der Waals surface area contributed by atoms with E-state index in [4.69, 9.17) is 9.47 Å². The molecule has 0 bridgehead atoms. The largest absolute Gasteiger partial charge is 0.383 e. The number of hydrogen-bond acceptors (Lipinski definition) is 3. The third kappa shape index (κ3) is 5.05. The molecule has 0 aromatic rings. The van der Waals surface area contributed by atoms with Crippen LogP contribution in [0.1, 0.15) is 64.2 Å². The summed E-state index contributed by atoms with van der Waals surface area (Å²) in [6.07, 6.45) is 13.8. The van der Waals surface area contributed by atoms with E-state index in [0.29, 0.717) is 11.7 Å². The smallest absolute Gasteiger partial charge is 0.0687 e. The van der Waals surface area contributed by atoms with Crippen molar-refractivity contribution in [1.29, 1.82) is 0 Å². The van der Waals surface area contributed by atoms with E-state index in [1.807, 2.05) is 0 Å². The van der Waals surface area contributed by atoms with Crippen molar-refractivity contribution in [2.24, 2.45) is 0 Å². The lowest BCUT2D eigenvalue weighted by molar-refractivity contribution is -0.0660. The fraction of sp³-hybridized carbons (Fsp3) is 1.00. The van der Waals surface area contributed by atoms with Gasteiger partial charge in [0, 0.05) is 13.7 Å². The molecule has 1 spiro atoms. The van der Waals surface area contributed by atoms with Crippen molar-refractivity contribution >= 4 is 0 Å². The molecule has 1 saturated heterocycles. The van der Waals surface area contributed by atoms with Crippen LogP contribution in [0.3, 0.4) is 0 Å². The van der Waals surface area contributed by atoms with Gasteiger partial charge in [-0.2, -0.15) is 0 Å². The van der Waals surface area contributed by atoms with Crippen LogP contribution in [0.2, 0.25) is 0 Å². The molecule has 2 rings (SSSR count). The molecule has 1 unspecified atom stereocenters. The summed E-state index contributed by atoms with van der Waals surface area (Å²) in [7, 11) is 1.75. The van der Waals surface area contributed by atoms with Gasteiger partial charge >= 0.3 is 0 Å². The second-order valence-corrected chi connectivity index (χ2v) is 6.26. The molecule has 1 atom stereocenters. The zero-order valence-electron chi connectivity index (χ0n) is 12.6. The molecule has 2 fully saturated rings. The molecular weight excluding hydrogens is 238 g/mol. The SMILES string of the molecule is COCCNCCCCC1CCC2(CCCCC2)O1. The van der Waals surface area contributed by atoms with Crippen molar-refractivity contribution in [1.82, 2.24) is 5.32 Å². The van der Waals surface area contributed by atoms with Gasteiger partial charge in [-0.05, 0) is 51.5 Å². The minimum Gasteiger partial charge on any atom is -0.383 e. The number of nitrogens with one attached hydrogen (secondary N) is 1. The average molecular weight is 269 g/mol. The van der Waals surface area contributed by atoms with E-state index < -0.39 is 0 Å². The highest BCUT2D eigenvalue weighted by molar-refractivity contribution is 4.91. The second-order valence-electron chi connectivity index (χ2n) is 6.26. The number of ether oxygens (including phenoxy) is 2. The Labute approximate surface area is 118 Å². The molecule has 1 saturated carbocycles. The Morgan fingerprint density at radius 2 is 1.95 bits per heavy atom. The zero-order chi connectivity index (χ0) is 13.4. The van der Waals surface area contributed by atoms with E-state index in [-0.39, 0.29) is 0 Å². The molecular formula is C16H31NO2. The number of methoxy groups -OCH3 is 1. The molecule has 0 radical (unpaired) electrons. The van der Waals surface area contributed by atoms with Gasteiger partial charge in [0.05, 0.1) is 18.3 Å². The summed E-state index contributed by atoms with van der Waals surface area (Å²) in [6.45, 7) is 2.90. The molecule has 3 nitrogen and oxygen atoms in total. The van der Waals surface area contributed by atoms with Gasteiger partial charge in [-0.15, -0.1) is 0 Å². The highest BCUT2D eigenvalue weighted by atomic mass is 16.5. The fourth-order valence-electron chi connectivity index (χ4n) is 3.58. The van der Waals surface area contributed by atoms with Crippen molar-refractivity contribution in [3.05, 3.63) is 0 Å². The van der Waals surface area contributed by atoms with Crippen LogP contribution in [0.25, 0.3) is 0 Å². The monoisotopic (exact) mass is 269 g/mol. The van der Waals surface area contributed by atoms with Gasteiger partial charge in [0.2, 0.25) is 0 Å². The average Bonchev–Trinajstić information content (AvgIpc) is 2.81. The normalized spacial score (nSPS) is 26.1. The van der Waals surface area contributed by atoms with Gasteiger partial charge in [-0.1, -0.05) is 19.3 Å². The van der Waals surface area contributed by atoms with Crippen LogP contribution in [-0.4, -0.2) is 38.5 Å². The predicted octanol–water partition coefficient (Wildman–Crippen LogP) is 3.27. The van der Waals surface area contributed by atoms with Crippen LogP contribution in [0, 0.1) is 0 Å². The first-order valence-corrected chi connectivity index (χ1v) is 8.22. The fourth-order valence-corrected chi connectivity index (χ4v) is 3.58. The Morgan fingerprint density at radius 1 is 1.11 bits per heavy atom. The molecule has 1 aliphatic heterocycles. The molecule has 1 heterocycles. The number of hydrogen-bond donors (Lipinski definition) is 1. The molecule has 0 amide bonds. The molecule has 0 aromatic heterocycles. The third-order valence-corrected chi connectivity index (χ3v) is 4.72. The lowest BCUT2D eigenvalue weighted by atomic mass is 9.83. The summed E-state index contributed by atoms with van der Waals surface area (Å²) in [5.41, 5.74) is 0.305. The standard InChI is InChI=1S/C16H31NO2/c1-18-14-13-17-12-6-3-7-15-8-11-16(19-15)9-4-2-5-10-16/h15,17H,2-14H2,1H3. The van der Waals surface area contributed by atoms with Crippen molar-refractivity contribution in [3.63, 3.8) is 0 Å². The topological polar surface area (TPSA) is 30.5 Å². The van der Waals surface area contributed by atoms with Gasteiger partial charge < -0.3 is 14.8 Å². The molecule has 1 aliphatic carbocycles. The van der Waals surface area contributed by atoms with Crippen molar-refractivity contribution in [2.45, 2.75) is 75.9 Å². The zero-order valence-corrected chi connectivity index (χ0v) is 12.6. The minimum absolute atomic E-state index is 0.305. The maximum atomic E-state index is 6.39. The first-order valence-electron chi connectivity index (χ1n) is 8.22. The quantitative estimate of drug-likeness (QED) is 0.686. The third-order valence-electron chi connectivity index (χ3n) is 4.72. The summed E-state index contributed by atoms with van der Waals surface area (Å²) < 4.78 is 11.4. The van der Waals surface area contributed by atoms with Crippen LogP contribution in [0.4, 0.5) is 0 Å². The molecule has 0 aromatic carbocycles. The van der Waals surface area contributed by atoms with Gasteiger partial charge in [-0.25, -0.2) is 0 Å². The van der Waals surface area contributed by atoms with Crippen LogP contribution in [0.15, 0.2) is 0 Å². The van der Waals surface area contributed by atoms with E-state index in [9.17, 15) is 0 Å².